The Kier molecular flexibility index (Phi) is 8.46. The van der Waals surface area contributed by atoms with Gasteiger partial charge in [0.05, 0.1) is 13.2 Å². The first-order valence-electron chi connectivity index (χ1n) is 12.8. The maximum Gasteiger partial charge on any atom is 0.329 e. The smallest absolute Gasteiger partial charge is 0.329 e. The van der Waals surface area contributed by atoms with Gasteiger partial charge < -0.3 is 24.6 Å². The molecule has 1 amide bonds. The lowest BCUT2D eigenvalue weighted by Gasteiger charge is -2.31. The molecule has 0 bridgehead atoms. The molecule has 0 radical (unpaired) electrons. The fourth-order valence-corrected chi connectivity index (χ4v) is 4.76. The number of esters is 1. The molecule has 2 N–H and O–H groups in total. The number of hydrogen-bond donors (Lipinski definition) is 2. The first-order valence-corrected chi connectivity index (χ1v) is 12.8. The van der Waals surface area contributed by atoms with Crippen molar-refractivity contribution >= 4 is 11.9 Å². The van der Waals surface area contributed by atoms with Crippen molar-refractivity contribution in [1.82, 2.24) is 10.3 Å². The zero-order valence-electron chi connectivity index (χ0n) is 21.2. The standard InChI is InChI=1S/C28H36N2O6/c1-17-7-9-19(10-8-17)15-21-5-4-6-22(28(33)36-18(2)26(21)35-16-20-11-12-20)30-27(32)24-25(31)23(34-3)13-14-29-24/h7-10,13-14,18,20-22,26,31H,4-6,11-12,15-16H2,1-3H3,(H,30,32)/t18-,21+,22-,26-/m0/s1. The average Bonchev–Trinajstić information content (AvgIpc) is 3.68. The molecule has 2 fully saturated rings. The molecule has 1 aliphatic carbocycles. The van der Waals surface area contributed by atoms with Gasteiger partial charge in [-0.1, -0.05) is 36.2 Å². The summed E-state index contributed by atoms with van der Waals surface area (Å²) < 4.78 is 17.3. The van der Waals surface area contributed by atoms with Gasteiger partial charge in [-0.2, -0.15) is 0 Å². The maximum absolute atomic E-state index is 13.1. The van der Waals surface area contributed by atoms with E-state index in [1.165, 1.54) is 43.3 Å². The number of aromatic nitrogens is 1. The lowest BCUT2D eigenvalue weighted by molar-refractivity contribution is -0.161. The number of aryl methyl sites for hydroxylation is 1. The van der Waals surface area contributed by atoms with Gasteiger partial charge >= 0.3 is 5.97 Å². The number of cyclic esters (lactones) is 1. The SMILES string of the molecule is COc1ccnc(C(=O)N[C@H]2CCC[C@H](Cc3ccc(C)cc3)[C@@H](OCC3CC3)[C@H](C)OC2=O)c1O. The number of carbonyl (C=O) groups excluding carboxylic acids is 2. The van der Waals surface area contributed by atoms with E-state index < -0.39 is 24.0 Å². The van der Waals surface area contributed by atoms with Crippen molar-refractivity contribution in [2.45, 2.75) is 70.6 Å². The first-order chi connectivity index (χ1) is 17.4. The van der Waals surface area contributed by atoms with Crippen LogP contribution in [0.4, 0.5) is 0 Å². The molecule has 4 rings (SSSR count). The number of rotatable bonds is 8. The molecule has 0 unspecified atom stereocenters. The van der Waals surface area contributed by atoms with E-state index in [9.17, 15) is 14.7 Å². The minimum absolute atomic E-state index is 0.135. The molecule has 1 aromatic heterocycles. The Labute approximate surface area is 212 Å². The summed E-state index contributed by atoms with van der Waals surface area (Å²) in [6.45, 7) is 4.62. The normalized spacial score (nSPS) is 24.7. The van der Waals surface area contributed by atoms with Gasteiger partial charge in [0.2, 0.25) is 0 Å². The first kappa shape index (κ1) is 25.9. The molecule has 0 spiro atoms. The number of pyridine rings is 1. The van der Waals surface area contributed by atoms with E-state index in [1.54, 1.807) is 0 Å². The van der Waals surface area contributed by atoms with E-state index in [2.05, 4.69) is 41.5 Å². The summed E-state index contributed by atoms with van der Waals surface area (Å²) in [6, 6.07) is 9.12. The summed E-state index contributed by atoms with van der Waals surface area (Å²) >= 11 is 0. The monoisotopic (exact) mass is 496 g/mol. The summed E-state index contributed by atoms with van der Waals surface area (Å²) in [4.78, 5) is 29.9. The predicted octanol–water partition coefficient (Wildman–Crippen LogP) is 3.97. The highest BCUT2D eigenvalue weighted by atomic mass is 16.6. The molecule has 8 heteroatoms. The molecule has 36 heavy (non-hydrogen) atoms. The number of amides is 1. The topological polar surface area (TPSA) is 107 Å². The Morgan fingerprint density at radius 1 is 1.17 bits per heavy atom. The zero-order valence-corrected chi connectivity index (χ0v) is 21.2. The molecule has 8 nitrogen and oxygen atoms in total. The van der Waals surface area contributed by atoms with Crippen molar-refractivity contribution in [3.63, 3.8) is 0 Å². The largest absolute Gasteiger partial charge is 0.503 e. The number of nitrogens with zero attached hydrogens (tertiary/aromatic N) is 1. The summed E-state index contributed by atoms with van der Waals surface area (Å²) in [5.74, 6) is -0.625. The minimum atomic E-state index is -0.852. The van der Waals surface area contributed by atoms with Crippen LogP contribution in [0.25, 0.3) is 0 Å². The van der Waals surface area contributed by atoms with Gasteiger partial charge in [-0.3, -0.25) is 4.79 Å². The van der Waals surface area contributed by atoms with E-state index in [-0.39, 0.29) is 29.2 Å². The van der Waals surface area contributed by atoms with Crippen molar-refractivity contribution in [2.75, 3.05) is 13.7 Å². The number of hydrogen-bond acceptors (Lipinski definition) is 7. The molecular formula is C28H36N2O6. The van der Waals surface area contributed by atoms with Gasteiger partial charge in [-0.05, 0) is 63.4 Å². The van der Waals surface area contributed by atoms with Crippen LogP contribution in [0.5, 0.6) is 11.5 Å². The fraction of sp³-hybridized carbons (Fsp3) is 0.536. The second kappa shape index (κ2) is 11.7. The molecule has 2 aromatic rings. The Hall–Kier alpha value is -3.13. The van der Waals surface area contributed by atoms with Crippen molar-refractivity contribution < 1.29 is 28.9 Å². The predicted molar refractivity (Wildman–Crippen MR) is 134 cm³/mol. The van der Waals surface area contributed by atoms with Crippen molar-refractivity contribution in [1.29, 1.82) is 0 Å². The number of carbonyl (C=O) groups is 2. The maximum atomic E-state index is 13.1. The number of nitrogens with one attached hydrogen (secondary N) is 1. The van der Waals surface area contributed by atoms with E-state index >= 15 is 0 Å². The number of methoxy groups -OCH3 is 1. The highest BCUT2D eigenvalue weighted by Crippen LogP contribution is 2.33. The Morgan fingerprint density at radius 2 is 1.92 bits per heavy atom. The highest BCUT2D eigenvalue weighted by molar-refractivity contribution is 5.97. The zero-order chi connectivity index (χ0) is 25.7. The van der Waals surface area contributed by atoms with Crippen LogP contribution < -0.4 is 10.1 Å². The third-order valence-electron chi connectivity index (χ3n) is 7.05. The van der Waals surface area contributed by atoms with E-state index in [4.69, 9.17) is 14.2 Å². The van der Waals surface area contributed by atoms with Crippen LogP contribution in [0.15, 0.2) is 36.5 Å². The Morgan fingerprint density at radius 3 is 2.61 bits per heavy atom. The summed E-state index contributed by atoms with van der Waals surface area (Å²) in [7, 11) is 1.39. The van der Waals surface area contributed by atoms with Gasteiger partial charge in [0.1, 0.15) is 12.1 Å². The molecular weight excluding hydrogens is 460 g/mol. The van der Waals surface area contributed by atoms with Gasteiger partial charge in [0.15, 0.2) is 17.2 Å². The van der Waals surface area contributed by atoms with Crippen LogP contribution in [-0.2, 0) is 20.7 Å². The van der Waals surface area contributed by atoms with Gasteiger partial charge in [0.25, 0.3) is 5.91 Å². The van der Waals surface area contributed by atoms with E-state index in [1.807, 2.05) is 6.92 Å². The molecule has 1 saturated heterocycles. The van der Waals surface area contributed by atoms with Crippen LogP contribution in [0, 0.1) is 18.8 Å². The average molecular weight is 497 g/mol. The lowest BCUT2D eigenvalue weighted by atomic mass is 9.86. The third-order valence-corrected chi connectivity index (χ3v) is 7.05. The highest BCUT2D eigenvalue weighted by Gasteiger charge is 2.36. The Balaban J connectivity index is 1.49. The molecule has 1 aromatic carbocycles. The molecule has 2 aliphatic rings. The van der Waals surface area contributed by atoms with E-state index in [0.717, 1.165) is 12.8 Å². The van der Waals surface area contributed by atoms with Crippen molar-refractivity contribution in [3.05, 3.63) is 53.3 Å². The minimum Gasteiger partial charge on any atom is -0.503 e. The molecule has 1 saturated carbocycles. The number of aromatic hydroxyl groups is 1. The second-order valence-corrected chi connectivity index (χ2v) is 10.0. The van der Waals surface area contributed by atoms with Crippen LogP contribution in [-0.4, -0.2) is 53.9 Å². The van der Waals surface area contributed by atoms with Crippen molar-refractivity contribution in [3.8, 4) is 11.5 Å². The molecule has 2 heterocycles. The van der Waals surface area contributed by atoms with Crippen molar-refractivity contribution in [2.24, 2.45) is 11.8 Å². The Bertz CT molecular complexity index is 1050. The van der Waals surface area contributed by atoms with Gasteiger partial charge in [-0.25, -0.2) is 9.78 Å². The molecule has 4 atom stereocenters. The summed E-state index contributed by atoms with van der Waals surface area (Å²) in [6.07, 6.45) is 5.84. The third kappa shape index (κ3) is 6.55. The van der Waals surface area contributed by atoms with E-state index in [0.29, 0.717) is 25.4 Å². The van der Waals surface area contributed by atoms with Crippen LogP contribution in [0.3, 0.4) is 0 Å². The van der Waals surface area contributed by atoms with Crippen LogP contribution >= 0.6 is 0 Å². The summed E-state index contributed by atoms with van der Waals surface area (Å²) in [5.41, 5.74) is 2.25. The number of benzene rings is 1. The van der Waals surface area contributed by atoms with Crippen LogP contribution in [0.1, 0.15) is 60.6 Å². The fourth-order valence-electron chi connectivity index (χ4n) is 4.76. The lowest BCUT2D eigenvalue weighted by Crippen LogP contribution is -2.44. The summed E-state index contributed by atoms with van der Waals surface area (Å²) in [5, 5.41) is 13.0. The molecule has 194 valence electrons. The quantitative estimate of drug-likeness (QED) is 0.533. The molecule has 1 aliphatic heterocycles. The number of ether oxygens (including phenoxy) is 3. The van der Waals surface area contributed by atoms with Crippen LogP contribution in [0.2, 0.25) is 0 Å². The van der Waals surface area contributed by atoms with Gasteiger partial charge in [0, 0.05) is 18.9 Å². The van der Waals surface area contributed by atoms with Gasteiger partial charge in [-0.15, -0.1) is 0 Å². The second-order valence-electron chi connectivity index (χ2n) is 10.0.